The largest absolute Gasteiger partial charge is 0.477 e. The van der Waals surface area contributed by atoms with Crippen molar-refractivity contribution in [1.82, 2.24) is 0 Å². The van der Waals surface area contributed by atoms with Crippen LogP contribution in [0.4, 0.5) is 0 Å². The van der Waals surface area contributed by atoms with Gasteiger partial charge in [0.15, 0.2) is 0 Å². The molecule has 7 heteroatoms. The molecule has 0 fully saturated rings. The molecule has 2 unspecified atom stereocenters. The van der Waals surface area contributed by atoms with E-state index in [4.69, 9.17) is 9.52 Å². The van der Waals surface area contributed by atoms with Crippen molar-refractivity contribution in [2.24, 2.45) is 0 Å². The summed E-state index contributed by atoms with van der Waals surface area (Å²) in [5, 5.41) is 28.6. The van der Waals surface area contributed by atoms with E-state index in [1.807, 2.05) is 0 Å². The Bertz CT molecular complexity index is 708. The van der Waals surface area contributed by atoms with Crippen LogP contribution in [0.5, 0.6) is 0 Å². The molecule has 0 saturated heterocycles. The van der Waals surface area contributed by atoms with Crippen molar-refractivity contribution in [3.8, 4) is 0 Å². The third kappa shape index (κ3) is 2.69. The second-order valence-corrected chi connectivity index (χ2v) is 4.61. The number of carbonyl (C=O) groups is 1. The molecule has 6 nitrogen and oxygen atoms in total. The Morgan fingerprint density at radius 2 is 2.00 bits per heavy atom. The summed E-state index contributed by atoms with van der Waals surface area (Å²) in [6.07, 6.45) is -2.21. The van der Waals surface area contributed by atoms with Crippen molar-refractivity contribution < 1.29 is 24.5 Å². The first-order chi connectivity index (χ1) is 9.43. The lowest BCUT2D eigenvalue weighted by atomic mass is 10.0. The van der Waals surface area contributed by atoms with Crippen LogP contribution in [-0.4, -0.2) is 33.1 Å². The molecule has 0 radical (unpaired) electrons. The molecular formula is C13H12O6S. The topological polar surface area (TPSA) is 108 Å². The lowest BCUT2D eigenvalue weighted by Gasteiger charge is -2.16. The molecule has 1 heterocycles. The van der Waals surface area contributed by atoms with Gasteiger partial charge in [-0.2, -0.15) is 12.6 Å². The number of carboxylic acids is 1. The molecule has 0 bridgehead atoms. The van der Waals surface area contributed by atoms with Gasteiger partial charge in [0.2, 0.25) is 0 Å². The predicted molar refractivity (Wildman–Crippen MR) is 74.3 cm³/mol. The summed E-state index contributed by atoms with van der Waals surface area (Å²) in [5.41, 5.74) is -0.840. The van der Waals surface area contributed by atoms with Crippen LogP contribution in [0.3, 0.4) is 0 Å². The minimum Gasteiger partial charge on any atom is -0.477 e. The maximum Gasteiger partial charge on any atom is 0.351 e. The average Bonchev–Trinajstić information content (AvgIpc) is 2.44. The van der Waals surface area contributed by atoms with Gasteiger partial charge in [0.1, 0.15) is 17.3 Å². The zero-order valence-corrected chi connectivity index (χ0v) is 11.1. The zero-order valence-electron chi connectivity index (χ0n) is 10.2. The molecule has 1 aromatic heterocycles. The van der Waals surface area contributed by atoms with Crippen molar-refractivity contribution in [2.45, 2.75) is 12.2 Å². The smallest absolute Gasteiger partial charge is 0.351 e. The quantitative estimate of drug-likeness (QED) is 0.491. The molecule has 3 N–H and O–H groups in total. The second-order valence-electron chi connectivity index (χ2n) is 4.24. The average molecular weight is 296 g/mol. The normalized spacial score (nSPS) is 14.2. The summed E-state index contributed by atoms with van der Waals surface area (Å²) in [7, 11) is 0. The van der Waals surface area contributed by atoms with E-state index in [0.717, 1.165) is 0 Å². The lowest BCUT2D eigenvalue weighted by Crippen LogP contribution is -2.19. The van der Waals surface area contributed by atoms with E-state index in [2.05, 4.69) is 12.6 Å². The van der Waals surface area contributed by atoms with Gasteiger partial charge in [-0.15, -0.1) is 0 Å². The van der Waals surface area contributed by atoms with Crippen LogP contribution < -0.4 is 5.63 Å². The zero-order chi connectivity index (χ0) is 14.9. The van der Waals surface area contributed by atoms with Gasteiger partial charge in [0.25, 0.3) is 0 Å². The predicted octanol–water partition coefficient (Wildman–Crippen LogP) is 0.815. The summed E-state index contributed by atoms with van der Waals surface area (Å²) >= 11 is 3.89. The standard InChI is InChI=1S/C13H12O6S/c14-9(5-20)11(15)6-1-2-10-7(3-6)4-8(12(16)17)13(18)19-10/h1-4,9,11,14-15,20H,5H2,(H,16,17). The van der Waals surface area contributed by atoms with E-state index in [-0.39, 0.29) is 11.3 Å². The van der Waals surface area contributed by atoms with E-state index in [1.54, 1.807) is 0 Å². The maximum atomic E-state index is 11.4. The molecule has 0 aliphatic rings. The summed E-state index contributed by atoms with van der Waals surface area (Å²) in [4.78, 5) is 22.3. The molecule has 106 valence electrons. The number of hydrogen-bond acceptors (Lipinski definition) is 6. The number of thiol groups is 1. The van der Waals surface area contributed by atoms with Gasteiger partial charge >= 0.3 is 11.6 Å². The monoisotopic (exact) mass is 296 g/mol. The highest BCUT2D eigenvalue weighted by Gasteiger charge is 2.18. The van der Waals surface area contributed by atoms with Crippen molar-refractivity contribution in [1.29, 1.82) is 0 Å². The molecule has 0 amide bonds. The molecule has 2 aromatic rings. The van der Waals surface area contributed by atoms with Gasteiger partial charge in [-0.3, -0.25) is 0 Å². The van der Waals surface area contributed by atoms with Crippen molar-refractivity contribution >= 4 is 29.6 Å². The third-order valence-electron chi connectivity index (χ3n) is 2.88. The number of rotatable bonds is 4. The SMILES string of the molecule is O=C(O)c1cc2cc(C(O)C(O)CS)ccc2oc1=O. The van der Waals surface area contributed by atoms with Crippen LogP contribution in [0, 0.1) is 0 Å². The summed E-state index contributed by atoms with van der Waals surface area (Å²) < 4.78 is 4.88. The Morgan fingerprint density at radius 1 is 1.30 bits per heavy atom. The Balaban J connectivity index is 2.55. The van der Waals surface area contributed by atoms with Crippen LogP contribution in [0.15, 0.2) is 33.5 Å². The number of benzene rings is 1. The van der Waals surface area contributed by atoms with Gasteiger partial charge in [-0.25, -0.2) is 9.59 Å². The highest BCUT2D eigenvalue weighted by atomic mass is 32.1. The fourth-order valence-electron chi connectivity index (χ4n) is 1.80. The van der Waals surface area contributed by atoms with Crippen molar-refractivity contribution in [3.05, 3.63) is 45.8 Å². The number of aromatic carboxylic acids is 1. The number of aliphatic hydroxyl groups is 2. The van der Waals surface area contributed by atoms with Crippen LogP contribution in [0.25, 0.3) is 11.0 Å². The Morgan fingerprint density at radius 3 is 2.60 bits per heavy atom. The first kappa shape index (κ1) is 14.6. The fourth-order valence-corrected chi connectivity index (χ4v) is 2.00. The van der Waals surface area contributed by atoms with Gasteiger partial charge in [0, 0.05) is 11.1 Å². The molecular weight excluding hydrogens is 284 g/mol. The minimum absolute atomic E-state index is 0.0729. The van der Waals surface area contributed by atoms with E-state index in [0.29, 0.717) is 10.9 Å². The molecule has 0 spiro atoms. The van der Waals surface area contributed by atoms with E-state index >= 15 is 0 Å². The van der Waals surface area contributed by atoms with Crippen LogP contribution in [0.2, 0.25) is 0 Å². The van der Waals surface area contributed by atoms with Gasteiger partial charge in [-0.05, 0) is 23.8 Å². The lowest BCUT2D eigenvalue weighted by molar-refractivity contribution is 0.0338. The van der Waals surface area contributed by atoms with Gasteiger partial charge in [0.05, 0.1) is 6.10 Å². The van der Waals surface area contributed by atoms with Crippen LogP contribution >= 0.6 is 12.6 Å². The van der Waals surface area contributed by atoms with Crippen molar-refractivity contribution in [3.63, 3.8) is 0 Å². The summed E-state index contributed by atoms with van der Waals surface area (Å²) in [5.74, 6) is -1.31. The number of hydrogen-bond donors (Lipinski definition) is 4. The van der Waals surface area contributed by atoms with E-state index < -0.39 is 29.4 Å². The first-order valence-corrected chi connectivity index (χ1v) is 6.35. The first-order valence-electron chi connectivity index (χ1n) is 5.72. The molecule has 2 atom stereocenters. The highest BCUT2D eigenvalue weighted by Crippen LogP contribution is 2.23. The van der Waals surface area contributed by atoms with Crippen LogP contribution in [0.1, 0.15) is 22.0 Å². The third-order valence-corrected chi connectivity index (χ3v) is 3.25. The number of fused-ring (bicyclic) bond motifs is 1. The highest BCUT2D eigenvalue weighted by molar-refractivity contribution is 7.80. The minimum atomic E-state index is -1.39. The Kier molecular flexibility index (Phi) is 4.12. The second kappa shape index (κ2) is 5.66. The van der Waals surface area contributed by atoms with Gasteiger partial charge < -0.3 is 19.7 Å². The van der Waals surface area contributed by atoms with Crippen LogP contribution in [-0.2, 0) is 0 Å². The molecule has 0 saturated carbocycles. The molecule has 0 aliphatic carbocycles. The Hall–Kier alpha value is -1.83. The summed E-state index contributed by atoms with van der Waals surface area (Å²) in [6, 6.07) is 5.56. The maximum absolute atomic E-state index is 11.4. The van der Waals surface area contributed by atoms with Gasteiger partial charge in [-0.1, -0.05) is 6.07 Å². The molecule has 2 rings (SSSR count). The Labute approximate surface area is 118 Å². The van der Waals surface area contributed by atoms with E-state index in [9.17, 15) is 19.8 Å². The molecule has 20 heavy (non-hydrogen) atoms. The summed E-state index contributed by atoms with van der Waals surface area (Å²) in [6.45, 7) is 0. The fraction of sp³-hybridized carbons (Fsp3) is 0.231. The molecule has 1 aromatic carbocycles. The van der Waals surface area contributed by atoms with Crippen molar-refractivity contribution in [2.75, 3.05) is 5.75 Å². The number of carboxylic acid groups (broad SMARTS) is 1. The van der Waals surface area contributed by atoms with E-state index in [1.165, 1.54) is 24.3 Å². The number of aliphatic hydroxyl groups excluding tert-OH is 2. The molecule has 0 aliphatic heterocycles.